The molecule has 1 amide bonds. The van der Waals surface area contributed by atoms with Crippen molar-refractivity contribution >= 4 is 5.91 Å². The number of hydrogen-bond acceptors (Lipinski definition) is 3. The fraction of sp³-hybridized carbons (Fsp3) is 0.667. The van der Waals surface area contributed by atoms with E-state index in [-0.39, 0.29) is 11.3 Å². The fourth-order valence-electron chi connectivity index (χ4n) is 4.93. The van der Waals surface area contributed by atoms with Crippen LogP contribution in [-0.4, -0.2) is 36.0 Å². The van der Waals surface area contributed by atoms with Crippen molar-refractivity contribution in [1.29, 1.82) is 5.26 Å². The molecule has 28 heavy (non-hydrogen) atoms. The Morgan fingerprint density at radius 3 is 2.64 bits per heavy atom. The zero-order valence-corrected chi connectivity index (χ0v) is 17.5. The van der Waals surface area contributed by atoms with E-state index in [1.165, 1.54) is 37.7 Å². The Kier molecular flexibility index (Phi) is 6.78. The third kappa shape index (κ3) is 5.35. The summed E-state index contributed by atoms with van der Waals surface area (Å²) in [6.07, 6.45) is 8.72. The van der Waals surface area contributed by atoms with E-state index < -0.39 is 5.54 Å². The molecule has 1 unspecified atom stereocenters. The number of amides is 1. The Balaban J connectivity index is 1.52. The number of nitrogens with one attached hydrogen (secondary N) is 1. The molecule has 4 heteroatoms. The Bertz CT molecular complexity index is 688. The lowest BCUT2D eigenvalue weighted by Crippen LogP contribution is -2.50. The maximum atomic E-state index is 12.5. The Labute approximate surface area is 170 Å². The van der Waals surface area contributed by atoms with Gasteiger partial charge >= 0.3 is 0 Å². The summed E-state index contributed by atoms with van der Waals surface area (Å²) in [6, 6.07) is 13.0. The number of likely N-dealkylation sites (tertiary alicyclic amines) is 1. The number of carbonyl (C=O) groups is 1. The number of nitriles is 1. The van der Waals surface area contributed by atoms with E-state index in [1.807, 2.05) is 6.07 Å². The number of rotatable bonds is 7. The first-order valence-electron chi connectivity index (χ1n) is 10.9. The first-order chi connectivity index (χ1) is 13.4. The lowest BCUT2D eigenvalue weighted by Gasteiger charge is -2.31. The summed E-state index contributed by atoms with van der Waals surface area (Å²) < 4.78 is 0. The van der Waals surface area contributed by atoms with Gasteiger partial charge in [0, 0.05) is 31.5 Å². The van der Waals surface area contributed by atoms with E-state index in [0.29, 0.717) is 25.3 Å². The maximum Gasteiger partial charge on any atom is 0.221 e. The van der Waals surface area contributed by atoms with Gasteiger partial charge in [-0.15, -0.1) is 0 Å². The number of hydrogen-bond donors (Lipinski definition) is 1. The molecule has 1 aromatic carbocycles. The highest BCUT2D eigenvalue weighted by molar-refractivity contribution is 5.77. The van der Waals surface area contributed by atoms with Crippen molar-refractivity contribution in [1.82, 2.24) is 10.2 Å². The van der Waals surface area contributed by atoms with E-state index in [0.717, 1.165) is 19.5 Å². The van der Waals surface area contributed by atoms with Crippen LogP contribution in [0.3, 0.4) is 0 Å². The summed E-state index contributed by atoms with van der Waals surface area (Å²) in [6.45, 7) is 6.86. The second-order valence-corrected chi connectivity index (χ2v) is 9.50. The molecule has 152 valence electrons. The first kappa shape index (κ1) is 20.9. The van der Waals surface area contributed by atoms with Crippen molar-refractivity contribution < 1.29 is 4.79 Å². The summed E-state index contributed by atoms with van der Waals surface area (Å²) in [5.41, 5.74) is 0.592. The highest BCUT2D eigenvalue weighted by Crippen LogP contribution is 2.30. The van der Waals surface area contributed by atoms with Crippen molar-refractivity contribution in [2.75, 3.05) is 19.6 Å². The molecular formula is C24H35N3O. The summed E-state index contributed by atoms with van der Waals surface area (Å²) in [4.78, 5) is 14.9. The minimum Gasteiger partial charge on any atom is -0.337 e. The zero-order valence-electron chi connectivity index (χ0n) is 17.5. The van der Waals surface area contributed by atoms with Gasteiger partial charge in [-0.25, -0.2) is 0 Å². The Hall–Kier alpha value is -1.86. The molecule has 1 saturated heterocycles. The van der Waals surface area contributed by atoms with Crippen LogP contribution in [0, 0.1) is 17.2 Å². The summed E-state index contributed by atoms with van der Waals surface area (Å²) in [7, 11) is 0. The monoisotopic (exact) mass is 381 g/mol. The molecule has 0 bridgehead atoms. The molecule has 0 spiro atoms. The third-order valence-electron chi connectivity index (χ3n) is 6.62. The van der Waals surface area contributed by atoms with Gasteiger partial charge in [0.05, 0.1) is 6.07 Å². The molecule has 2 fully saturated rings. The molecule has 0 aromatic heterocycles. The minimum atomic E-state index is -0.726. The summed E-state index contributed by atoms with van der Waals surface area (Å²) >= 11 is 0. The Morgan fingerprint density at radius 2 is 1.96 bits per heavy atom. The fourth-order valence-corrected chi connectivity index (χ4v) is 4.93. The topological polar surface area (TPSA) is 56.1 Å². The maximum absolute atomic E-state index is 12.5. The number of benzene rings is 1. The van der Waals surface area contributed by atoms with Gasteiger partial charge in [-0.05, 0) is 24.3 Å². The van der Waals surface area contributed by atoms with Crippen LogP contribution in [0.4, 0.5) is 0 Å². The van der Waals surface area contributed by atoms with Gasteiger partial charge in [-0.2, -0.15) is 5.26 Å². The molecule has 2 aliphatic rings. The van der Waals surface area contributed by atoms with Crippen molar-refractivity contribution in [2.24, 2.45) is 5.92 Å². The van der Waals surface area contributed by atoms with Gasteiger partial charge in [0.2, 0.25) is 5.91 Å². The van der Waals surface area contributed by atoms with Crippen LogP contribution in [-0.2, 0) is 10.2 Å². The zero-order chi connectivity index (χ0) is 20.0. The van der Waals surface area contributed by atoms with Crippen molar-refractivity contribution in [3.63, 3.8) is 0 Å². The van der Waals surface area contributed by atoms with Gasteiger partial charge in [0.25, 0.3) is 0 Å². The average molecular weight is 382 g/mol. The van der Waals surface area contributed by atoms with Gasteiger partial charge in [0.15, 0.2) is 0 Å². The molecule has 1 heterocycles. The van der Waals surface area contributed by atoms with Crippen LogP contribution in [0.5, 0.6) is 0 Å². The Morgan fingerprint density at radius 1 is 1.25 bits per heavy atom. The van der Waals surface area contributed by atoms with Crippen LogP contribution in [0.25, 0.3) is 0 Å². The van der Waals surface area contributed by atoms with Crippen LogP contribution in [0.15, 0.2) is 30.3 Å². The van der Waals surface area contributed by atoms with Gasteiger partial charge in [-0.3, -0.25) is 9.69 Å². The summed E-state index contributed by atoms with van der Waals surface area (Å²) in [5.74, 6) is 0.751. The highest BCUT2D eigenvalue weighted by Gasteiger charge is 2.41. The molecular weight excluding hydrogens is 346 g/mol. The minimum absolute atomic E-state index is 0.0117. The van der Waals surface area contributed by atoms with Crippen molar-refractivity contribution in [3.8, 4) is 6.07 Å². The molecule has 4 nitrogen and oxygen atoms in total. The van der Waals surface area contributed by atoms with E-state index >= 15 is 0 Å². The molecule has 1 saturated carbocycles. The second-order valence-electron chi connectivity index (χ2n) is 9.50. The number of nitrogens with zero attached hydrogens (tertiary/aromatic N) is 2. The highest BCUT2D eigenvalue weighted by atomic mass is 16.1. The predicted octanol–water partition coefficient (Wildman–Crippen LogP) is 4.41. The standard InChI is InChI=1S/C24H35N3O/c1-23(2,21-11-7-4-8-12-21)18-27-16-15-24(17-25,19-27)26-22(28)14-13-20-9-5-3-6-10-20/h4,7-8,11-12,20H,3,5-6,9-10,13-16,18-19H2,1-2H3,(H,26,28). The molecule has 3 rings (SSSR count). The van der Waals surface area contributed by atoms with Gasteiger partial charge in [-0.1, -0.05) is 76.3 Å². The molecule has 1 aromatic rings. The molecule has 1 aliphatic heterocycles. The molecule has 1 aliphatic carbocycles. The van der Waals surface area contributed by atoms with Crippen LogP contribution < -0.4 is 5.32 Å². The van der Waals surface area contributed by atoms with Crippen molar-refractivity contribution in [3.05, 3.63) is 35.9 Å². The smallest absolute Gasteiger partial charge is 0.221 e. The SMILES string of the molecule is CC(C)(CN1CCC(C#N)(NC(=O)CCC2CCCCC2)C1)c1ccccc1. The quantitative estimate of drug-likeness (QED) is 0.761. The van der Waals surface area contributed by atoms with Gasteiger partial charge < -0.3 is 5.32 Å². The second kappa shape index (κ2) is 9.09. The molecule has 1 atom stereocenters. The third-order valence-corrected chi connectivity index (χ3v) is 6.62. The largest absolute Gasteiger partial charge is 0.337 e. The lowest BCUT2D eigenvalue weighted by atomic mass is 9.84. The molecule has 0 radical (unpaired) electrons. The number of carbonyl (C=O) groups excluding carboxylic acids is 1. The normalized spacial score (nSPS) is 24.0. The van der Waals surface area contributed by atoms with E-state index in [9.17, 15) is 10.1 Å². The van der Waals surface area contributed by atoms with Crippen LogP contribution in [0.1, 0.15) is 70.8 Å². The molecule has 1 N–H and O–H groups in total. The predicted molar refractivity (Wildman–Crippen MR) is 113 cm³/mol. The summed E-state index contributed by atoms with van der Waals surface area (Å²) in [5, 5.41) is 12.9. The van der Waals surface area contributed by atoms with Crippen molar-refractivity contribution in [2.45, 2.75) is 76.2 Å². The lowest BCUT2D eigenvalue weighted by molar-refractivity contribution is -0.122. The van der Waals surface area contributed by atoms with Crippen LogP contribution in [0.2, 0.25) is 0 Å². The van der Waals surface area contributed by atoms with E-state index in [2.05, 4.69) is 54.4 Å². The van der Waals surface area contributed by atoms with Crippen LogP contribution >= 0.6 is 0 Å². The van der Waals surface area contributed by atoms with Gasteiger partial charge in [0.1, 0.15) is 5.54 Å². The average Bonchev–Trinajstić information content (AvgIpc) is 3.10. The van der Waals surface area contributed by atoms with E-state index in [1.54, 1.807) is 0 Å². The van der Waals surface area contributed by atoms with E-state index in [4.69, 9.17) is 0 Å². The first-order valence-corrected chi connectivity index (χ1v) is 10.9.